The van der Waals surface area contributed by atoms with Gasteiger partial charge in [0.05, 0.1) is 23.7 Å². The van der Waals surface area contributed by atoms with Gasteiger partial charge in [-0.15, -0.1) is 0 Å². The van der Waals surface area contributed by atoms with Gasteiger partial charge in [0.15, 0.2) is 0 Å². The van der Waals surface area contributed by atoms with Crippen LogP contribution in [0.25, 0.3) is 0 Å². The van der Waals surface area contributed by atoms with E-state index in [1.54, 1.807) is 39.2 Å². The molecule has 0 aliphatic carbocycles. The number of methoxy groups -OCH3 is 1. The summed E-state index contributed by atoms with van der Waals surface area (Å²) in [5.74, 6) is -0.761. The Kier molecular flexibility index (Phi) is 15.9. The van der Waals surface area contributed by atoms with Crippen molar-refractivity contribution in [2.75, 3.05) is 33.4 Å². The average molecular weight is 579 g/mol. The highest BCUT2D eigenvalue weighted by Crippen LogP contribution is 2.24. The van der Waals surface area contributed by atoms with E-state index in [4.69, 9.17) is 20.9 Å². The molecule has 234 valence electrons. The molecular formula is C31H54N4O6. The van der Waals surface area contributed by atoms with Crippen LogP contribution in [0.15, 0.2) is 24.3 Å². The maximum absolute atomic E-state index is 13.1. The Balaban J connectivity index is 2.75. The fraction of sp³-hybridized carbons (Fsp3) is 0.710. The lowest BCUT2D eigenvalue weighted by Crippen LogP contribution is -2.47. The van der Waals surface area contributed by atoms with Crippen LogP contribution in [-0.2, 0) is 14.3 Å². The first kappa shape index (κ1) is 36.3. The Labute approximate surface area is 246 Å². The number of rotatable bonds is 20. The fourth-order valence-electron chi connectivity index (χ4n) is 4.37. The SMILES string of the molecule is COCCCCOc1ccccc1C(=O)NCC(CC(N)C(O)CC(C(=O)NCC(C)(C)C(N)=O)C(C)C)C(C)C. The first-order valence-corrected chi connectivity index (χ1v) is 14.7. The lowest BCUT2D eigenvalue weighted by atomic mass is 9.83. The summed E-state index contributed by atoms with van der Waals surface area (Å²) in [5.41, 5.74) is 11.4. The van der Waals surface area contributed by atoms with Gasteiger partial charge >= 0.3 is 0 Å². The highest BCUT2D eigenvalue weighted by Gasteiger charge is 2.32. The Morgan fingerprint density at radius 1 is 0.976 bits per heavy atom. The van der Waals surface area contributed by atoms with Crippen molar-refractivity contribution in [2.24, 2.45) is 40.6 Å². The Bertz CT molecular complexity index is 952. The van der Waals surface area contributed by atoms with Crippen LogP contribution in [-0.4, -0.2) is 68.4 Å². The number of aliphatic hydroxyl groups excluding tert-OH is 1. The number of unbranched alkanes of at least 4 members (excludes halogenated alkanes) is 1. The van der Waals surface area contributed by atoms with Crippen molar-refractivity contribution < 1.29 is 29.0 Å². The zero-order chi connectivity index (χ0) is 31.2. The third-order valence-corrected chi connectivity index (χ3v) is 7.68. The predicted octanol–water partition coefficient (Wildman–Crippen LogP) is 2.86. The highest BCUT2D eigenvalue weighted by atomic mass is 16.5. The number of nitrogens with two attached hydrogens (primary N) is 2. The molecule has 3 amide bonds. The number of carbonyl (C=O) groups is 3. The van der Waals surface area contributed by atoms with Crippen molar-refractivity contribution in [2.45, 2.75) is 79.4 Å². The summed E-state index contributed by atoms with van der Waals surface area (Å²) < 4.78 is 10.9. The number of para-hydroxylation sites is 1. The van der Waals surface area contributed by atoms with Crippen molar-refractivity contribution >= 4 is 17.7 Å². The summed E-state index contributed by atoms with van der Waals surface area (Å²) in [6.07, 6.45) is 1.44. The molecule has 0 fully saturated rings. The van der Waals surface area contributed by atoms with E-state index >= 15 is 0 Å². The van der Waals surface area contributed by atoms with Crippen LogP contribution in [0.3, 0.4) is 0 Å². The number of ether oxygens (including phenoxy) is 2. The molecule has 0 spiro atoms. The third-order valence-electron chi connectivity index (χ3n) is 7.68. The van der Waals surface area contributed by atoms with Crippen LogP contribution < -0.4 is 26.8 Å². The molecule has 0 heterocycles. The lowest BCUT2D eigenvalue weighted by molar-refractivity contribution is -0.130. The van der Waals surface area contributed by atoms with E-state index in [-0.39, 0.29) is 42.5 Å². The zero-order valence-electron chi connectivity index (χ0n) is 26.1. The maximum Gasteiger partial charge on any atom is 0.255 e. The van der Waals surface area contributed by atoms with Gasteiger partial charge in [0.2, 0.25) is 11.8 Å². The van der Waals surface area contributed by atoms with Crippen LogP contribution in [0, 0.1) is 29.1 Å². The Morgan fingerprint density at radius 3 is 2.20 bits per heavy atom. The summed E-state index contributed by atoms with van der Waals surface area (Å²) in [5, 5.41) is 16.8. The summed E-state index contributed by atoms with van der Waals surface area (Å²) in [4.78, 5) is 37.6. The summed E-state index contributed by atoms with van der Waals surface area (Å²) >= 11 is 0. The second-order valence-electron chi connectivity index (χ2n) is 12.3. The molecule has 1 aromatic carbocycles. The Hall–Kier alpha value is -2.69. The average Bonchev–Trinajstić information content (AvgIpc) is 2.91. The molecule has 4 unspecified atom stereocenters. The van der Waals surface area contributed by atoms with Gasteiger partial charge in [-0.2, -0.15) is 0 Å². The second kappa shape index (κ2) is 18.0. The molecule has 0 aliphatic rings. The van der Waals surface area contributed by atoms with Crippen LogP contribution in [0.2, 0.25) is 0 Å². The van der Waals surface area contributed by atoms with Gasteiger partial charge in [-0.1, -0.05) is 39.8 Å². The molecule has 0 bridgehead atoms. The monoisotopic (exact) mass is 578 g/mol. The van der Waals surface area contributed by atoms with Gasteiger partial charge in [-0.25, -0.2) is 0 Å². The number of benzene rings is 1. The van der Waals surface area contributed by atoms with Crippen LogP contribution in [0.5, 0.6) is 5.75 Å². The van der Waals surface area contributed by atoms with Gasteiger partial charge in [-0.05, 0) is 69.4 Å². The van der Waals surface area contributed by atoms with E-state index in [0.29, 0.717) is 37.5 Å². The molecule has 10 heteroatoms. The molecule has 0 aromatic heterocycles. The van der Waals surface area contributed by atoms with Crippen molar-refractivity contribution in [1.29, 1.82) is 0 Å². The first-order chi connectivity index (χ1) is 19.2. The molecule has 4 atom stereocenters. The van der Waals surface area contributed by atoms with E-state index in [1.807, 2.05) is 19.9 Å². The van der Waals surface area contributed by atoms with Crippen LogP contribution in [0.1, 0.15) is 77.6 Å². The number of amides is 3. The van der Waals surface area contributed by atoms with Crippen molar-refractivity contribution in [3.05, 3.63) is 29.8 Å². The molecule has 0 saturated carbocycles. The molecule has 1 rings (SSSR count). The van der Waals surface area contributed by atoms with Gasteiger partial charge < -0.3 is 36.7 Å². The molecule has 1 aromatic rings. The van der Waals surface area contributed by atoms with Gasteiger partial charge in [-0.3, -0.25) is 14.4 Å². The van der Waals surface area contributed by atoms with Crippen molar-refractivity contribution in [3.8, 4) is 5.75 Å². The first-order valence-electron chi connectivity index (χ1n) is 14.7. The van der Waals surface area contributed by atoms with Gasteiger partial charge in [0.1, 0.15) is 5.75 Å². The zero-order valence-corrected chi connectivity index (χ0v) is 26.1. The molecule has 10 nitrogen and oxygen atoms in total. The number of nitrogens with one attached hydrogen (secondary N) is 2. The molecular weight excluding hydrogens is 524 g/mol. The largest absolute Gasteiger partial charge is 0.493 e. The van der Waals surface area contributed by atoms with E-state index in [2.05, 4.69) is 24.5 Å². The van der Waals surface area contributed by atoms with E-state index < -0.39 is 29.4 Å². The summed E-state index contributed by atoms with van der Waals surface area (Å²) in [6.45, 7) is 12.9. The maximum atomic E-state index is 13.1. The molecule has 0 radical (unpaired) electrons. The van der Waals surface area contributed by atoms with Gasteiger partial charge in [0, 0.05) is 38.8 Å². The lowest BCUT2D eigenvalue weighted by Gasteiger charge is -2.30. The molecule has 41 heavy (non-hydrogen) atoms. The topological polar surface area (TPSA) is 166 Å². The fourth-order valence-corrected chi connectivity index (χ4v) is 4.37. The minimum atomic E-state index is -0.915. The number of hydrogen-bond donors (Lipinski definition) is 5. The van der Waals surface area contributed by atoms with Crippen molar-refractivity contribution in [1.82, 2.24) is 10.6 Å². The normalized spacial score (nSPS) is 14.8. The quantitative estimate of drug-likeness (QED) is 0.148. The van der Waals surface area contributed by atoms with E-state index in [0.717, 1.165) is 12.8 Å². The number of aliphatic hydroxyl groups is 1. The standard InChI is InChI=1S/C31H54N4O6/c1-20(2)22(18-34-28(37)23-12-8-9-13-27(23)41-15-11-10-14-40-7)16-25(32)26(36)17-24(21(3)4)29(38)35-19-31(5,6)30(33)39/h8-9,12-13,20-22,24-26,36H,10-11,14-19,32H2,1-7H3,(H2,33,39)(H,34,37)(H,35,38). The number of primary amides is 1. The molecule has 0 saturated heterocycles. The third kappa shape index (κ3) is 12.8. The Morgan fingerprint density at radius 2 is 1.61 bits per heavy atom. The number of carbonyl (C=O) groups excluding carboxylic acids is 3. The van der Waals surface area contributed by atoms with E-state index in [1.165, 1.54) is 0 Å². The van der Waals surface area contributed by atoms with Gasteiger partial charge in [0.25, 0.3) is 5.91 Å². The minimum absolute atomic E-state index is 0.00779. The smallest absolute Gasteiger partial charge is 0.255 e. The van der Waals surface area contributed by atoms with Crippen molar-refractivity contribution in [3.63, 3.8) is 0 Å². The molecule has 0 aliphatic heterocycles. The number of hydrogen-bond acceptors (Lipinski definition) is 7. The summed E-state index contributed by atoms with van der Waals surface area (Å²) in [6, 6.07) is 6.57. The predicted molar refractivity (Wildman–Crippen MR) is 161 cm³/mol. The van der Waals surface area contributed by atoms with E-state index in [9.17, 15) is 19.5 Å². The van der Waals surface area contributed by atoms with Crippen LogP contribution >= 0.6 is 0 Å². The van der Waals surface area contributed by atoms with Crippen LogP contribution in [0.4, 0.5) is 0 Å². The minimum Gasteiger partial charge on any atom is -0.493 e. The summed E-state index contributed by atoms with van der Waals surface area (Å²) in [7, 11) is 1.66. The second-order valence-corrected chi connectivity index (χ2v) is 12.3. The molecule has 7 N–H and O–H groups in total. The highest BCUT2D eigenvalue weighted by molar-refractivity contribution is 5.96.